The zero-order valence-electron chi connectivity index (χ0n) is 20.4. The molecule has 4 amide bonds. The van der Waals surface area contributed by atoms with Gasteiger partial charge in [0.2, 0.25) is 5.91 Å². The van der Waals surface area contributed by atoms with E-state index in [-0.39, 0.29) is 28.5 Å². The minimum atomic E-state index is -0.723. The van der Waals surface area contributed by atoms with Crippen LogP contribution in [0, 0.1) is 12.7 Å². The highest BCUT2D eigenvalue weighted by Crippen LogP contribution is 2.34. The molecule has 1 heterocycles. The summed E-state index contributed by atoms with van der Waals surface area (Å²) in [7, 11) is 0. The number of primary amides is 1. The van der Waals surface area contributed by atoms with Gasteiger partial charge < -0.3 is 26.4 Å². The van der Waals surface area contributed by atoms with E-state index in [9.17, 15) is 23.6 Å². The first-order valence-corrected chi connectivity index (χ1v) is 11.9. The van der Waals surface area contributed by atoms with Gasteiger partial charge in [0.1, 0.15) is 16.4 Å². The quantitative estimate of drug-likeness (QED) is 0.384. The number of thiophene rings is 1. The molecule has 0 aliphatic rings. The van der Waals surface area contributed by atoms with Crippen LogP contribution in [0.15, 0.2) is 24.3 Å². The lowest BCUT2D eigenvalue weighted by atomic mass is 9.95. The molecule has 1 atom stereocenters. The van der Waals surface area contributed by atoms with Crippen molar-refractivity contribution in [2.75, 3.05) is 18.4 Å². The molecule has 1 aromatic heterocycles. The lowest BCUT2D eigenvalue weighted by Crippen LogP contribution is -2.38. The number of nitrogens with one attached hydrogen (secondary N) is 3. The molecule has 11 heteroatoms. The van der Waals surface area contributed by atoms with E-state index in [4.69, 9.17) is 10.5 Å². The lowest BCUT2D eigenvalue weighted by Gasteiger charge is -2.19. The Morgan fingerprint density at radius 2 is 1.69 bits per heavy atom. The molecule has 5 N–H and O–H groups in total. The molecule has 0 fully saturated rings. The van der Waals surface area contributed by atoms with Crippen LogP contribution in [0.2, 0.25) is 0 Å². The molecule has 0 saturated carbocycles. The van der Waals surface area contributed by atoms with E-state index in [1.165, 1.54) is 24.3 Å². The van der Waals surface area contributed by atoms with Crippen molar-refractivity contribution >= 4 is 40.2 Å². The summed E-state index contributed by atoms with van der Waals surface area (Å²) in [5, 5.41) is 8.10. The SMILES string of the molecule is CCC(C(=O)Nc1sc(C(N)=O)c(C)c1C(=O)NCCNC(=O)OC(C)(C)C)c1ccc(F)cc1. The summed E-state index contributed by atoms with van der Waals surface area (Å²) in [6.45, 7) is 8.78. The summed E-state index contributed by atoms with van der Waals surface area (Å²) in [6, 6.07) is 5.61. The van der Waals surface area contributed by atoms with Crippen molar-refractivity contribution in [3.05, 3.63) is 51.7 Å². The van der Waals surface area contributed by atoms with E-state index in [0.717, 1.165) is 11.3 Å². The average Bonchev–Trinajstić information content (AvgIpc) is 3.07. The van der Waals surface area contributed by atoms with Crippen LogP contribution in [0.3, 0.4) is 0 Å². The topological polar surface area (TPSA) is 140 Å². The summed E-state index contributed by atoms with van der Waals surface area (Å²) < 4.78 is 18.4. The van der Waals surface area contributed by atoms with E-state index >= 15 is 0 Å². The zero-order valence-corrected chi connectivity index (χ0v) is 21.2. The van der Waals surface area contributed by atoms with Crippen molar-refractivity contribution in [3.63, 3.8) is 0 Å². The third kappa shape index (κ3) is 7.78. The Balaban J connectivity index is 2.16. The number of anilines is 1. The highest BCUT2D eigenvalue weighted by molar-refractivity contribution is 7.18. The van der Waals surface area contributed by atoms with Crippen molar-refractivity contribution in [1.82, 2.24) is 10.6 Å². The van der Waals surface area contributed by atoms with Crippen LogP contribution < -0.4 is 21.7 Å². The van der Waals surface area contributed by atoms with Crippen LogP contribution in [-0.2, 0) is 9.53 Å². The predicted octanol–water partition coefficient (Wildman–Crippen LogP) is 3.68. The largest absolute Gasteiger partial charge is 0.444 e. The predicted molar refractivity (Wildman–Crippen MR) is 132 cm³/mol. The Kier molecular flexibility index (Phi) is 9.35. The van der Waals surface area contributed by atoms with Crippen LogP contribution >= 0.6 is 11.3 Å². The summed E-state index contributed by atoms with van der Waals surface area (Å²) in [5.41, 5.74) is 5.88. The summed E-state index contributed by atoms with van der Waals surface area (Å²) >= 11 is 0.910. The second-order valence-electron chi connectivity index (χ2n) is 8.81. The fourth-order valence-corrected chi connectivity index (χ4v) is 4.38. The standard InChI is InChI=1S/C24H31FN4O5S/c1-6-16(14-7-9-15(25)10-8-14)20(31)29-22-17(13(2)18(35-22)19(26)30)21(32)27-11-12-28-23(33)34-24(3,4)5/h7-10,16H,6,11-12H2,1-5H3,(H2,26,30)(H,27,32)(H,28,33)(H,29,31). The van der Waals surface area contributed by atoms with E-state index in [2.05, 4.69) is 16.0 Å². The smallest absolute Gasteiger partial charge is 0.407 e. The number of hydrogen-bond acceptors (Lipinski definition) is 6. The number of amides is 4. The summed E-state index contributed by atoms with van der Waals surface area (Å²) in [5.74, 6) is -2.67. The van der Waals surface area contributed by atoms with Gasteiger partial charge in [0.25, 0.3) is 11.8 Å². The maximum atomic E-state index is 13.3. The van der Waals surface area contributed by atoms with E-state index in [0.29, 0.717) is 17.5 Å². The molecule has 0 saturated heterocycles. The Hall–Kier alpha value is -3.47. The van der Waals surface area contributed by atoms with Gasteiger partial charge in [-0.1, -0.05) is 19.1 Å². The Bertz CT molecular complexity index is 1090. The first-order valence-electron chi connectivity index (χ1n) is 11.1. The van der Waals surface area contributed by atoms with Gasteiger partial charge in [-0.25, -0.2) is 9.18 Å². The third-order valence-corrected chi connectivity index (χ3v) is 6.13. The molecular formula is C24H31FN4O5S. The molecule has 1 unspecified atom stereocenters. The summed E-state index contributed by atoms with van der Waals surface area (Å²) in [6.07, 6.45) is -0.184. The maximum absolute atomic E-state index is 13.3. The molecule has 2 aromatic rings. The zero-order chi connectivity index (χ0) is 26.3. The average molecular weight is 507 g/mol. The van der Waals surface area contributed by atoms with Gasteiger partial charge in [0.05, 0.1) is 16.4 Å². The number of alkyl carbamates (subject to hydrolysis) is 1. The normalized spacial score (nSPS) is 11.9. The van der Waals surface area contributed by atoms with E-state index < -0.39 is 41.2 Å². The Morgan fingerprint density at radius 3 is 2.23 bits per heavy atom. The molecular weight excluding hydrogens is 475 g/mol. The van der Waals surface area contributed by atoms with Crippen molar-refractivity contribution in [3.8, 4) is 0 Å². The monoisotopic (exact) mass is 506 g/mol. The van der Waals surface area contributed by atoms with Crippen molar-refractivity contribution in [1.29, 1.82) is 0 Å². The van der Waals surface area contributed by atoms with Gasteiger partial charge in [0, 0.05) is 13.1 Å². The Labute approximate surface area is 207 Å². The third-order valence-electron chi connectivity index (χ3n) is 4.91. The first kappa shape index (κ1) is 27.8. The maximum Gasteiger partial charge on any atom is 0.407 e. The molecule has 190 valence electrons. The van der Waals surface area contributed by atoms with Crippen LogP contribution in [0.5, 0.6) is 0 Å². The number of rotatable bonds is 9. The van der Waals surface area contributed by atoms with Crippen LogP contribution in [0.25, 0.3) is 0 Å². The second kappa shape index (κ2) is 11.8. The molecule has 0 bridgehead atoms. The molecule has 0 spiro atoms. The lowest BCUT2D eigenvalue weighted by molar-refractivity contribution is -0.117. The van der Waals surface area contributed by atoms with Gasteiger partial charge >= 0.3 is 6.09 Å². The number of ether oxygens (including phenoxy) is 1. The van der Waals surface area contributed by atoms with Crippen molar-refractivity contribution < 1.29 is 28.3 Å². The number of benzene rings is 1. The number of hydrogen-bond donors (Lipinski definition) is 4. The number of carbonyl (C=O) groups is 4. The van der Waals surface area contributed by atoms with Crippen LogP contribution in [0.1, 0.15) is 71.2 Å². The second-order valence-corrected chi connectivity index (χ2v) is 9.83. The minimum absolute atomic E-state index is 0.0832. The highest BCUT2D eigenvalue weighted by Gasteiger charge is 2.27. The fraction of sp³-hybridized carbons (Fsp3) is 0.417. The number of nitrogens with two attached hydrogens (primary N) is 1. The van der Waals surface area contributed by atoms with Crippen LogP contribution in [0.4, 0.5) is 14.2 Å². The number of carbonyl (C=O) groups excluding carboxylic acids is 4. The molecule has 9 nitrogen and oxygen atoms in total. The fourth-order valence-electron chi connectivity index (χ4n) is 3.32. The van der Waals surface area contributed by atoms with Gasteiger partial charge in [-0.3, -0.25) is 14.4 Å². The van der Waals surface area contributed by atoms with Crippen molar-refractivity contribution in [2.45, 2.75) is 52.6 Å². The molecule has 0 radical (unpaired) electrons. The van der Waals surface area contributed by atoms with Gasteiger partial charge in [-0.05, 0) is 57.4 Å². The van der Waals surface area contributed by atoms with E-state index in [1.54, 1.807) is 27.7 Å². The van der Waals surface area contributed by atoms with Crippen LogP contribution in [-0.4, -0.2) is 42.5 Å². The highest BCUT2D eigenvalue weighted by atomic mass is 32.1. The Morgan fingerprint density at radius 1 is 1.09 bits per heavy atom. The van der Waals surface area contributed by atoms with Gasteiger partial charge in [-0.15, -0.1) is 11.3 Å². The molecule has 35 heavy (non-hydrogen) atoms. The van der Waals surface area contributed by atoms with Gasteiger partial charge in [0.15, 0.2) is 0 Å². The minimum Gasteiger partial charge on any atom is -0.444 e. The van der Waals surface area contributed by atoms with E-state index in [1.807, 2.05) is 6.92 Å². The molecule has 0 aliphatic carbocycles. The van der Waals surface area contributed by atoms with Crippen molar-refractivity contribution in [2.24, 2.45) is 5.73 Å². The molecule has 1 aromatic carbocycles. The number of halogens is 1. The van der Waals surface area contributed by atoms with Gasteiger partial charge in [-0.2, -0.15) is 0 Å². The summed E-state index contributed by atoms with van der Waals surface area (Å²) in [4.78, 5) is 49.7. The molecule has 2 rings (SSSR count). The first-order chi connectivity index (χ1) is 16.3. The molecule has 0 aliphatic heterocycles.